The molecule has 4 rings (SSSR count). The second-order valence-corrected chi connectivity index (χ2v) is 9.52. The van der Waals surface area contributed by atoms with E-state index in [-0.39, 0.29) is 29.2 Å². The zero-order valence-corrected chi connectivity index (χ0v) is 20.9. The molecule has 1 aliphatic carbocycles. The number of hydrogen-bond donors (Lipinski definition) is 4. The van der Waals surface area contributed by atoms with Crippen LogP contribution in [0, 0.1) is 5.92 Å². The number of amides is 2. The van der Waals surface area contributed by atoms with Crippen LogP contribution in [0.25, 0.3) is 11.5 Å². The van der Waals surface area contributed by atoms with Crippen LogP contribution in [0.3, 0.4) is 0 Å². The van der Waals surface area contributed by atoms with E-state index in [2.05, 4.69) is 41.6 Å². The van der Waals surface area contributed by atoms with Gasteiger partial charge in [0.2, 0.25) is 5.91 Å². The Bertz CT molecular complexity index is 1280. The van der Waals surface area contributed by atoms with Crippen molar-refractivity contribution in [1.29, 1.82) is 0 Å². The molecule has 15 heteroatoms. The Morgan fingerprint density at radius 2 is 1.97 bits per heavy atom. The van der Waals surface area contributed by atoms with Crippen molar-refractivity contribution in [3.8, 4) is 17.2 Å². The second-order valence-electron chi connectivity index (χ2n) is 9.52. The average molecular weight is 488 g/mol. The van der Waals surface area contributed by atoms with Crippen molar-refractivity contribution in [2.24, 2.45) is 5.92 Å². The highest BCUT2D eigenvalue weighted by atomic mass is 16.5. The Morgan fingerprint density at radius 3 is 2.64 bits per heavy atom. The number of carbonyl (C=O) groups is 2. The SMILES string of the molecule is BC(B)(B)NC(=O)c1nnc(NC(=O)C2CC2)cc1Nc1cccc(-c2nc(CNC)no2)c1OC. The number of para-hydroxylation sites is 1. The normalized spacial score (nSPS) is 13.2. The molecule has 4 N–H and O–H groups in total. The minimum atomic E-state index is -0.491. The molecule has 184 valence electrons. The molecule has 2 aromatic heterocycles. The largest absolute Gasteiger partial charge is 0.494 e. The predicted molar refractivity (Wildman–Crippen MR) is 142 cm³/mol. The Morgan fingerprint density at radius 1 is 1.19 bits per heavy atom. The molecule has 0 bridgehead atoms. The first-order valence-electron chi connectivity index (χ1n) is 11.6. The van der Waals surface area contributed by atoms with Crippen LogP contribution >= 0.6 is 0 Å². The van der Waals surface area contributed by atoms with Gasteiger partial charge in [0.15, 0.2) is 23.1 Å². The minimum absolute atomic E-state index is 0.00828. The quantitative estimate of drug-likeness (QED) is 0.250. The molecule has 1 aromatic carbocycles. The smallest absolute Gasteiger partial charge is 0.272 e. The summed E-state index contributed by atoms with van der Waals surface area (Å²) < 4.78 is 11.1. The third kappa shape index (κ3) is 6.03. The first-order valence-corrected chi connectivity index (χ1v) is 11.6. The van der Waals surface area contributed by atoms with E-state index < -0.39 is 11.1 Å². The molecule has 1 fully saturated rings. The lowest BCUT2D eigenvalue weighted by molar-refractivity contribution is -0.117. The molecule has 2 amide bonds. The topological polar surface area (TPSA) is 156 Å². The van der Waals surface area contributed by atoms with Gasteiger partial charge in [0.25, 0.3) is 11.8 Å². The number of anilines is 3. The molecule has 3 aromatic rings. The summed E-state index contributed by atoms with van der Waals surface area (Å²) in [6.07, 6.45) is 1.71. The van der Waals surface area contributed by atoms with Crippen LogP contribution in [0.2, 0.25) is 0 Å². The third-order valence-electron chi connectivity index (χ3n) is 5.22. The van der Waals surface area contributed by atoms with Crippen LogP contribution in [0.1, 0.15) is 29.2 Å². The maximum absolute atomic E-state index is 13.0. The van der Waals surface area contributed by atoms with Crippen molar-refractivity contribution < 1.29 is 18.8 Å². The van der Waals surface area contributed by atoms with Crippen molar-refractivity contribution >= 4 is 52.5 Å². The number of ether oxygens (including phenoxy) is 1. The zero-order chi connectivity index (χ0) is 25.9. The predicted octanol–water partition coefficient (Wildman–Crippen LogP) is -1.41. The monoisotopic (exact) mass is 488 g/mol. The van der Waals surface area contributed by atoms with Crippen molar-refractivity contribution in [3.05, 3.63) is 35.8 Å². The lowest BCUT2D eigenvalue weighted by Gasteiger charge is -2.21. The van der Waals surface area contributed by atoms with Gasteiger partial charge in [0.05, 0.1) is 30.6 Å². The van der Waals surface area contributed by atoms with Crippen LogP contribution in [0.15, 0.2) is 28.8 Å². The Balaban J connectivity index is 1.70. The first kappa shape index (κ1) is 25.2. The van der Waals surface area contributed by atoms with Crippen LogP contribution < -0.4 is 26.0 Å². The Labute approximate surface area is 211 Å². The van der Waals surface area contributed by atoms with Gasteiger partial charge >= 0.3 is 0 Å². The summed E-state index contributed by atoms with van der Waals surface area (Å²) in [5, 5.41) is 23.5. The molecule has 0 unspecified atom stereocenters. The van der Waals surface area contributed by atoms with Gasteiger partial charge in [-0.1, -0.05) is 11.2 Å². The molecule has 0 radical (unpaired) electrons. The van der Waals surface area contributed by atoms with Crippen LogP contribution in [-0.2, 0) is 11.3 Å². The Kier molecular flexibility index (Phi) is 7.29. The number of carbonyl (C=O) groups excluding carboxylic acids is 2. The standard InChI is InChI=1S/C21H27B3N8O4/c1-25-9-15-28-20(36-32-15)11-4-3-5-12(17(11)35-2)26-13-8-14(27-18(33)10-6-7-10)30-31-16(13)19(34)29-21(22,23)24/h3-5,8,10,25H,6-7,9,22-24H2,1-2H3,(H,29,34)(H2,26,27,30,33). The van der Waals surface area contributed by atoms with Gasteiger partial charge in [0, 0.05) is 12.0 Å². The maximum Gasteiger partial charge on any atom is 0.272 e. The van der Waals surface area contributed by atoms with Crippen molar-refractivity contribution in [1.82, 2.24) is 31.0 Å². The summed E-state index contributed by atoms with van der Waals surface area (Å²) in [4.78, 5) is 29.7. The van der Waals surface area contributed by atoms with Gasteiger partial charge in [-0.2, -0.15) is 4.98 Å². The number of rotatable bonds is 10. The summed E-state index contributed by atoms with van der Waals surface area (Å²) in [5.74, 6) is 0.924. The molecule has 0 saturated heterocycles. The molecule has 1 saturated carbocycles. The van der Waals surface area contributed by atoms with Crippen LogP contribution in [0.5, 0.6) is 5.75 Å². The fraction of sp³-hybridized carbons (Fsp3) is 0.333. The summed E-state index contributed by atoms with van der Waals surface area (Å²) in [6, 6.07) is 6.94. The number of methoxy groups -OCH3 is 1. The average Bonchev–Trinajstić information content (AvgIpc) is 3.57. The van der Waals surface area contributed by atoms with E-state index in [0.29, 0.717) is 35.1 Å². The molecule has 12 nitrogen and oxygen atoms in total. The van der Waals surface area contributed by atoms with E-state index in [4.69, 9.17) is 9.26 Å². The van der Waals surface area contributed by atoms with Crippen molar-refractivity contribution in [2.45, 2.75) is 24.6 Å². The van der Waals surface area contributed by atoms with Gasteiger partial charge in [0.1, 0.15) is 23.5 Å². The fourth-order valence-electron chi connectivity index (χ4n) is 3.45. The summed E-state index contributed by atoms with van der Waals surface area (Å²) in [5.41, 5.74) is 1.51. The summed E-state index contributed by atoms with van der Waals surface area (Å²) >= 11 is 0. The molecule has 36 heavy (non-hydrogen) atoms. The van der Waals surface area contributed by atoms with Gasteiger partial charge in [-0.3, -0.25) is 9.59 Å². The summed E-state index contributed by atoms with van der Waals surface area (Å²) in [6.45, 7) is 0.452. The fourth-order valence-corrected chi connectivity index (χ4v) is 3.45. The molecule has 0 atom stereocenters. The second kappa shape index (κ2) is 10.4. The van der Waals surface area contributed by atoms with Crippen LogP contribution in [0.4, 0.5) is 17.2 Å². The van der Waals surface area contributed by atoms with E-state index in [1.54, 1.807) is 31.3 Å². The van der Waals surface area contributed by atoms with E-state index in [1.807, 2.05) is 23.5 Å². The molecule has 0 aliphatic heterocycles. The molecule has 1 aliphatic rings. The Hall–Kier alpha value is -3.87. The lowest BCUT2D eigenvalue weighted by Crippen LogP contribution is -2.50. The van der Waals surface area contributed by atoms with E-state index in [9.17, 15) is 9.59 Å². The molecule has 0 spiro atoms. The van der Waals surface area contributed by atoms with Gasteiger partial charge in [-0.25, -0.2) is 0 Å². The maximum atomic E-state index is 13.0. The number of benzene rings is 1. The molecular formula is C21H27B3N8O4. The van der Waals surface area contributed by atoms with E-state index in [1.165, 1.54) is 7.11 Å². The third-order valence-corrected chi connectivity index (χ3v) is 5.22. The number of aromatic nitrogens is 4. The van der Waals surface area contributed by atoms with Crippen LogP contribution in [-0.4, -0.2) is 75.1 Å². The van der Waals surface area contributed by atoms with Gasteiger partial charge < -0.3 is 30.5 Å². The van der Waals surface area contributed by atoms with Gasteiger partial charge in [-0.15, -0.1) is 10.2 Å². The number of hydrogen-bond acceptors (Lipinski definition) is 10. The van der Waals surface area contributed by atoms with E-state index in [0.717, 1.165) is 12.8 Å². The lowest BCUT2D eigenvalue weighted by atomic mass is 9.49. The molecular weight excluding hydrogens is 461 g/mol. The van der Waals surface area contributed by atoms with Crippen molar-refractivity contribution in [3.63, 3.8) is 0 Å². The number of nitrogens with zero attached hydrogens (tertiary/aromatic N) is 4. The highest BCUT2D eigenvalue weighted by Gasteiger charge is 2.30. The molecule has 2 heterocycles. The van der Waals surface area contributed by atoms with Gasteiger partial charge in [-0.05, 0) is 37.3 Å². The highest BCUT2D eigenvalue weighted by Crippen LogP contribution is 2.38. The van der Waals surface area contributed by atoms with Crippen molar-refractivity contribution in [2.75, 3.05) is 24.8 Å². The van der Waals surface area contributed by atoms with E-state index >= 15 is 0 Å². The first-order chi connectivity index (χ1) is 17.2. The number of nitrogens with one attached hydrogen (secondary N) is 4. The summed E-state index contributed by atoms with van der Waals surface area (Å²) in [7, 11) is 8.92. The highest BCUT2D eigenvalue weighted by molar-refractivity contribution is 6.60. The zero-order valence-electron chi connectivity index (χ0n) is 20.9. The minimum Gasteiger partial charge on any atom is -0.494 e.